The molecule has 7 fully saturated rings. The number of esters is 2. The van der Waals surface area contributed by atoms with Gasteiger partial charge in [-0.3, -0.25) is 9.59 Å². The van der Waals surface area contributed by atoms with Crippen LogP contribution in [0.1, 0.15) is 100 Å². The first kappa shape index (κ1) is 59.5. The summed E-state index contributed by atoms with van der Waals surface area (Å²) >= 11 is 0. The molecule has 27 atom stereocenters. The summed E-state index contributed by atoms with van der Waals surface area (Å²) in [5.74, 6) is -3.82. The summed E-state index contributed by atoms with van der Waals surface area (Å²) in [4.78, 5) is 38.4. The standard InChI is InChI=1S/C52H82O24/c1-21(57)69-41-42(70-22(2)58)52(20-56)24(15-47(41,3)4)23-9-10-28-48(5)13-12-30(49(6,19-55)27(48)11-14-50(28,7)51(23,8)16-29(52)59)73-46-39(75-45-36(65)34(63)32(61)26(18-54)72-45)37(66)38(40(76-46)43(67)68)74-44-35(64)33(62)31(60)25(17-53)71-44/h9,24-42,44-46,53-56,59-66H,10-20H2,1-8H3,(H,67,68)/t24-,25+,26+,27?,28+,29+,30-,31+,32+,33-,34-,35+,36+,37-,38-,39+,40-,41-,42-,44-,45-,46+,48-,49+,50+,51+,52-/m0/s1. The molecule has 8 rings (SSSR count). The van der Waals surface area contributed by atoms with Gasteiger partial charge in [0.2, 0.25) is 0 Å². The van der Waals surface area contributed by atoms with Gasteiger partial charge in [-0.1, -0.05) is 53.2 Å². The highest BCUT2D eigenvalue weighted by Gasteiger charge is 2.74. The third kappa shape index (κ3) is 9.28. The van der Waals surface area contributed by atoms with Gasteiger partial charge in [0, 0.05) is 24.7 Å². The largest absolute Gasteiger partial charge is 0.479 e. The highest BCUT2D eigenvalue weighted by Crippen LogP contribution is 2.76. The van der Waals surface area contributed by atoms with Crippen molar-refractivity contribution in [1.29, 1.82) is 0 Å². The van der Waals surface area contributed by atoms with Crippen molar-refractivity contribution in [3.63, 3.8) is 0 Å². The summed E-state index contributed by atoms with van der Waals surface area (Å²) in [5, 5.41) is 143. The maximum Gasteiger partial charge on any atom is 0.335 e. The molecular formula is C52H82O24. The average molecular weight is 1090 g/mol. The number of rotatable bonds is 13. The highest BCUT2D eigenvalue weighted by molar-refractivity contribution is 5.73. The molecule has 3 saturated heterocycles. The van der Waals surface area contributed by atoms with E-state index in [2.05, 4.69) is 26.8 Å². The average Bonchev–Trinajstić information content (AvgIpc) is 3.38. The fraction of sp³-hybridized carbons (Fsp3) is 0.904. The number of aliphatic hydroxyl groups is 12. The van der Waals surface area contributed by atoms with Crippen LogP contribution in [-0.4, -0.2) is 227 Å². The lowest BCUT2D eigenvalue weighted by molar-refractivity contribution is -0.392. The summed E-state index contributed by atoms with van der Waals surface area (Å²) in [7, 11) is 0. The number of allylic oxidation sites excluding steroid dienone is 2. The van der Waals surface area contributed by atoms with Crippen molar-refractivity contribution in [3.05, 3.63) is 11.6 Å². The third-order valence-electron chi connectivity index (χ3n) is 20.4. The monoisotopic (exact) mass is 1090 g/mol. The minimum Gasteiger partial charge on any atom is -0.479 e. The molecule has 24 nitrogen and oxygen atoms in total. The number of carboxylic acids is 1. The number of carbonyl (C=O) groups excluding carboxylic acids is 2. The van der Waals surface area contributed by atoms with Crippen molar-refractivity contribution < 1.29 is 119 Å². The molecule has 0 aromatic rings. The van der Waals surface area contributed by atoms with Gasteiger partial charge in [-0.25, -0.2) is 4.79 Å². The van der Waals surface area contributed by atoms with E-state index in [-0.39, 0.29) is 24.7 Å². The smallest absolute Gasteiger partial charge is 0.335 e. The zero-order valence-electron chi connectivity index (χ0n) is 44.4. The molecule has 24 heteroatoms. The summed E-state index contributed by atoms with van der Waals surface area (Å²) in [6, 6.07) is 0. The van der Waals surface area contributed by atoms with Crippen molar-refractivity contribution >= 4 is 17.9 Å². The van der Waals surface area contributed by atoms with Gasteiger partial charge in [0.25, 0.3) is 0 Å². The molecule has 0 bridgehead atoms. The summed E-state index contributed by atoms with van der Waals surface area (Å²) < 4.78 is 47.7. The Morgan fingerprint density at radius 3 is 1.68 bits per heavy atom. The van der Waals surface area contributed by atoms with E-state index in [1.54, 1.807) is 0 Å². The second kappa shape index (κ2) is 21.4. The predicted molar refractivity (Wildman–Crippen MR) is 255 cm³/mol. The van der Waals surface area contributed by atoms with Crippen molar-refractivity contribution in [2.45, 2.75) is 217 Å². The second-order valence-electron chi connectivity index (χ2n) is 24.8. The number of hydrogen-bond donors (Lipinski definition) is 13. The van der Waals surface area contributed by atoms with Crippen molar-refractivity contribution in [2.24, 2.45) is 50.2 Å². The quantitative estimate of drug-likeness (QED) is 0.0525. The number of carboxylic acid groups (broad SMARTS) is 1. The van der Waals surface area contributed by atoms with E-state index >= 15 is 0 Å². The van der Waals surface area contributed by atoms with Gasteiger partial charge in [0.05, 0.1) is 44.1 Å². The molecule has 0 aromatic heterocycles. The van der Waals surface area contributed by atoms with Crippen LogP contribution in [-0.2, 0) is 52.3 Å². The summed E-state index contributed by atoms with van der Waals surface area (Å²) in [6.07, 6.45) is -27.9. The summed E-state index contributed by atoms with van der Waals surface area (Å²) in [5.41, 5.74) is -4.00. The number of hydrogen-bond acceptors (Lipinski definition) is 23. The fourth-order valence-corrected chi connectivity index (χ4v) is 16.1. The molecule has 5 aliphatic carbocycles. The number of aliphatic hydroxyl groups excluding tert-OH is 12. The lowest BCUT2D eigenvalue weighted by Gasteiger charge is -2.72. The van der Waals surface area contributed by atoms with E-state index < -0.39 is 199 Å². The van der Waals surface area contributed by atoms with Crippen LogP contribution in [0.3, 0.4) is 0 Å². The molecule has 0 aromatic carbocycles. The molecule has 8 aliphatic rings. The summed E-state index contributed by atoms with van der Waals surface area (Å²) in [6.45, 7) is 12.0. The van der Waals surface area contributed by atoms with Crippen molar-refractivity contribution in [2.75, 3.05) is 26.4 Å². The van der Waals surface area contributed by atoms with Gasteiger partial charge in [-0.2, -0.15) is 0 Å². The normalized spacial score (nSPS) is 51.9. The zero-order chi connectivity index (χ0) is 56.2. The Hall–Kier alpha value is -2.57. The molecule has 76 heavy (non-hydrogen) atoms. The first-order chi connectivity index (χ1) is 35.5. The second-order valence-corrected chi connectivity index (χ2v) is 24.8. The van der Waals surface area contributed by atoms with Crippen molar-refractivity contribution in [3.8, 4) is 0 Å². The lowest BCUT2D eigenvalue weighted by atomic mass is 9.33. The Morgan fingerprint density at radius 2 is 1.17 bits per heavy atom. The first-order valence-corrected chi connectivity index (χ1v) is 26.6. The molecule has 13 N–H and O–H groups in total. The maximum absolute atomic E-state index is 13.1. The van der Waals surface area contributed by atoms with Crippen molar-refractivity contribution in [1.82, 2.24) is 0 Å². The predicted octanol–water partition coefficient (Wildman–Crippen LogP) is -2.27. The maximum atomic E-state index is 13.1. The van der Waals surface area contributed by atoms with Gasteiger partial charge in [-0.05, 0) is 78.9 Å². The topological polar surface area (TPSA) is 388 Å². The molecule has 0 amide bonds. The molecule has 0 spiro atoms. The molecule has 1 unspecified atom stereocenters. The number of fused-ring (bicyclic) bond motifs is 7. The Labute approximate surface area is 440 Å². The van der Waals surface area contributed by atoms with E-state index in [4.69, 9.17) is 37.9 Å². The Bertz CT molecular complexity index is 2160. The van der Waals surface area contributed by atoms with Gasteiger partial charge >= 0.3 is 17.9 Å². The molecule has 3 aliphatic heterocycles. The van der Waals surface area contributed by atoms with Crippen LogP contribution in [0.15, 0.2) is 11.6 Å². The fourth-order valence-electron chi connectivity index (χ4n) is 16.1. The van der Waals surface area contributed by atoms with Gasteiger partial charge in [0.15, 0.2) is 25.0 Å². The van der Waals surface area contributed by atoms with Crippen LogP contribution >= 0.6 is 0 Å². The van der Waals surface area contributed by atoms with E-state index in [9.17, 15) is 80.8 Å². The molecular weight excluding hydrogens is 1010 g/mol. The van der Waals surface area contributed by atoms with Gasteiger partial charge in [-0.15, -0.1) is 0 Å². The van der Waals surface area contributed by atoms with Crippen LogP contribution in [0.4, 0.5) is 0 Å². The zero-order valence-corrected chi connectivity index (χ0v) is 44.4. The van der Waals surface area contributed by atoms with Crippen LogP contribution in [0.25, 0.3) is 0 Å². The Balaban J connectivity index is 1.12. The van der Waals surface area contributed by atoms with E-state index in [0.717, 1.165) is 5.57 Å². The molecule has 0 radical (unpaired) electrons. The lowest BCUT2D eigenvalue weighted by Crippen LogP contribution is -2.72. The molecule has 434 valence electrons. The Kier molecular flexibility index (Phi) is 16.8. The van der Waals surface area contributed by atoms with Crippen LogP contribution in [0, 0.1) is 50.2 Å². The highest BCUT2D eigenvalue weighted by atomic mass is 16.8. The first-order valence-electron chi connectivity index (χ1n) is 26.6. The molecule has 4 saturated carbocycles. The number of ether oxygens (including phenoxy) is 8. The number of carbonyl (C=O) groups is 3. The third-order valence-corrected chi connectivity index (χ3v) is 20.4. The van der Waals surface area contributed by atoms with E-state index in [1.807, 2.05) is 20.8 Å². The minimum atomic E-state index is -2.17. The minimum absolute atomic E-state index is 0.0745. The van der Waals surface area contributed by atoms with Crippen LogP contribution < -0.4 is 0 Å². The van der Waals surface area contributed by atoms with E-state index in [1.165, 1.54) is 13.8 Å². The van der Waals surface area contributed by atoms with Crippen LogP contribution in [0.2, 0.25) is 0 Å². The van der Waals surface area contributed by atoms with Gasteiger partial charge < -0.3 is 104 Å². The van der Waals surface area contributed by atoms with E-state index in [0.29, 0.717) is 32.1 Å². The SMILES string of the molecule is CC(=O)O[C@H]1[C@H](OC(C)=O)[C@]2(CO)[C@H](O)C[C@]3(C)C(=CC[C@@H]4[C@@]5(C)CC[C@H](O[C@@H]6O[C@H](C(=O)O)[C@@H](O[C@@H]7O[C@H](CO)[C@@H](O)[C@H](O)[C@H]7O)[C@H](O)[C@H]6O[C@@H]6O[C@H](CO)[C@@H](O)[C@H](O)[C@H]6O)[C@](C)(CO)C5CC[C@]43C)[C@@H]2CC1(C)C. The van der Waals surface area contributed by atoms with Gasteiger partial charge in [0.1, 0.15) is 79.4 Å². The van der Waals surface area contributed by atoms with Crippen LogP contribution in [0.5, 0.6) is 0 Å². The number of aliphatic carboxylic acids is 1. The Morgan fingerprint density at radius 1 is 0.618 bits per heavy atom. The molecule has 3 heterocycles.